The fourth-order valence-corrected chi connectivity index (χ4v) is 1.95. The number of hydrogen-bond donors (Lipinski definition) is 1. The fourth-order valence-electron chi connectivity index (χ4n) is 1.45. The van der Waals surface area contributed by atoms with E-state index in [0.29, 0.717) is 6.47 Å². The quantitative estimate of drug-likeness (QED) is 0.495. The molecule has 118 valence electrons. The number of aromatic amines is 1. The Labute approximate surface area is 133 Å². The number of nitrogens with zero attached hydrogens (tertiary/aromatic N) is 1. The largest absolute Gasteiger partial charge is 0.462 e. The third-order valence-electron chi connectivity index (χ3n) is 2.43. The second-order valence-electron chi connectivity index (χ2n) is 6.94. The van der Waals surface area contributed by atoms with Crippen molar-refractivity contribution >= 4 is 25.4 Å². The van der Waals surface area contributed by atoms with E-state index in [1.807, 2.05) is 45.0 Å². The third-order valence-corrected chi connectivity index (χ3v) is 3.30. The van der Waals surface area contributed by atoms with Crippen LogP contribution in [0, 0.1) is 11.5 Å². The summed E-state index contributed by atoms with van der Waals surface area (Å²) in [7, 11) is -1.31. The molecule has 0 aliphatic carbocycles. The zero-order valence-electron chi connectivity index (χ0n) is 14.2. The van der Waals surface area contributed by atoms with Crippen LogP contribution in [-0.2, 0) is 9.53 Å². The van der Waals surface area contributed by atoms with Gasteiger partial charge in [-0.1, -0.05) is 37.7 Å². The molecule has 2 aromatic rings. The first kappa shape index (κ1) is 18.0. The summed E-state index contributed by atoms with van der Waals surface area (Å²) < 4.78 is 4.55. The van der Waals surface area contributed by atoms with Gasteiger partial charge in [-0.3, -0.25) is 9.89 Å². The van der Waals surface area contributed by atoms with Crippen molar-refractivity contribution in [1.82, 2.24) is 10.2 Å². The van der Waals surface area contributed by atoms with E-state index in [0.717, 1.165) is 16.6 Å². The summed E-state index contributed by atoms with van der Waals surface area (Å²) in [5.41, 5.74) is 4.94. The molecule has 0 spiro atoms. The van der Waals surface area contributed by atoms with Crippen molar-refractivity contribution in [1.29, 1.82) is 0 Å². The number of para-hydroxylation sites is 1. The summed E-state index contributed by atoms with van der Waals surface area (Å²) in [6.45, 7) is 12.6. The highest BCUT2D eigenvalue weighted by atomic mass is 28.3. The van der Waals surface area contributed by atoms with Gasteiger partial charge in [0.15, 0.2) is 0 Å². The summed E-state index contributed by atoms with van der Waals surface area (Å²) in [5.74, 6) is 3.20. The van der Waals surface area contributed by atoms with Gasteiger partial charge in [0.1, 0.15) is 19.4 Å². The lowest BCUT2D eigenvalue weighted by Gasteiger charge is -2.14. The molecule has 22 heavy (non-hydrogen) atoms. The zero-order valence-corrected chi connectivity index (χ0v) is 15.2. The van der Waals surface area contributed by atoms with Gasteiger partial charge in [-0.15, -0.1) is 5.54 Å². The third kappa shape index (κ3) is 6.59. The molecule has 0 amide bonds. The lowest BCUT2D eigenvalue weighted by molar-refractivity contribution is -0.138. The van der Waals surface area contributed by atoms with E-state index in [2.05, 4.69) is 46.0 Å². The maximum Gasteiger partial charge on any atom is 0.293 e. The Morgan fingerprint density at radius 2 is 1.86 bits per heavy atom. The Morgan fingerprint density at radius 3 is 2.36 bits per heavy atom. The predicted octanol–water partition coefficient (Wildman–Crippen LogP) is 3.75. The number of carbonyl (C=O) groups is 1. The number of hydrogen-bond acceptors (Lipinski definition) is 3. The van der Waals surface area contributed by atoms with Crippen LogP contribution in [0.4, 0.5) is 0 Å². The van der Waals surface area contributed by atoms with E-state index in [-0.39, 0.29) is 5.60 Å². The molecule has 0 saturated carbocycles. The number of benzene rings is 1. The highest BCUT2D eigenvalue weighted by Gasteiger charge is 2.08. The van der Waals surface area contributed by atoms with Crippen LogP contribution in [0.25, 0.3) is 10.9 Å². The minimum Gasteiger partial charge on any atom is -0.462 e. The molecule has 2 rings (SSSR count). The average molecular weight is 316 g/mol. The summed E-state index contributed by atoms with van der Waals surface area (Å²) in [6, 6.07) is 8.04. The number of fused-ring (bicyclic) bond motifs is 1. The molecule has 0 bridgehead atoms. The van der Waals surface area contributed by atoms with E-state index >= 15 is 0 Å². The molecular weight excluding hydrogens is 292 g/mol. The van der Waals surface area contributed by atoms with E-state index in [9.17, 15) is 4.79 Å². The molecule has 0 radical (unpaired) electrons. The van der Waals surface area contributed by atoms with Crippen molar-refractivity contribution in [3.8, 4) is 11.5 Å². The van der Waals surface area contributed by atoms with Crippen LogP contribution < -0.4 is 0 Å². The van der Waals surface area contributed by atoms with Gasteiger partial charge in [0.2, 0.25) is 0 Å². The Kier molecular flexibility index (Phi) is 5.95. The van der Waals surface area contributed by atoms with Crippen molar-refractivity contribution in [2.45, 2.75) is 46.0 Å². The van der Waals surface area contributed by atoms with Crippen molar-refractivity contribution in [3.05, 3.63) is 30.0 Å². The van der Waals surface area contributed by atoms with E-state index in [1.54, 1.807) is 0 Å². The molecule has 4 nitrogen and oxygen atoms in total. The summed E-state index contributed by atoms with van der Waals surface area (Å²) in [5, 5.41) is 8.31. The van der Waals surface area contributed by atoms with Crippen LogP contribution >= 0.6 is 0 Å². The topological polar surface area (TPSA) is 55.0 Å². The lowest BCUT2D eigenvalue weighted by Crippen LogP contribution is -2.17. The normalized spacial score (nSPS) is 11.0. The van der Waals surface area contributed by atoms with Gasteiger partial charge in [-0.25, -0.2) is 0 Å². The van der Waals surface area contributed by atoms with Gasteiger partial charge < -0.3 is 4.74 Å². The van der Waals surface area contributed by atoms with Gasteiger partial charge in [0.25, 0.3) is 6.47 Å². The molecule has 0 aliphatic rings. The number of H-pyrrole nitrogens is 1. The molecule has 1 aromatic carbocycles. The zero-order chi connectivity index (χ0) is 16.8. The Morgan fingerprint density at radius 1 is 1.23 bits per heavy atom. The Hall–Kier alpha value is -2.06. The van der Waals surface area contributed by atoms with Gasteiger partial charge in [-0.2, -0.15) is 5.10 Å². The number of ether oxygens (including phenoxy) is 1. The molecule has 0 fully saturated rings. The molecule has 1 heterocycles. The number of carbonyl (C=O) groups excluding carboxylic acids is 1. The van der Waals surface area contributed by atoms with E-state index < -0.39 is 8.07 Å². The molecular formula is C17H24N2O2Si. The van der Waals surface area contributed by atoms with E-state index in [4.69, 9.17) is 0 Å². The van der Waals surface area contributed by atoms with Crippen molar-refractivity contribution < 1.29 is 9.53 Å². The highest BCUT2D eigenvalue weighted by Crippen LogP contribution is 2.14. The Balaban J connectivity index is 0.000000295. The van der Waals surface area contributed by atoms with E-state index in [1.165, 1.54) is 0 Å². The number of nitrogens with one attached hydrogen (secondary N) is 1. The molecule has 5 heteroatoms. The minimum absolute atomic E-state index is 0.318. The van der Waals surface area contributed by atoms with Gasteiger partial charge in [-0.05, 0) is 32.9 Å². The maximum absolute atomic E-state index is 9.60. The Bertz CT molecular complexity index is 682. The van der Waals surface area contributed by atoms with Crippen LogP contribution in [0.3, 0.4) is 0 Å². The molecule has 1 aromatic heterocycles. The smallest absolute Gasteiger partial charge is 0.293 e. The molecule has 0 atom stereocenters. The average Bonchev–Trinajstić information content (AvgIpc) is 2.78. The maximum atomic E-state index is 9.60. The number of aromatic nitrogens is 2. The highest BCUT2D eigenvalue weighted by molar-refractivity contribution is 6.83. The number of rotatable bonds is 1. The SMILES string of the molecule is CC(C)(C)OC=O.C[Si](C)(C)C#Cc1[nH]nc2ccccc12. The second kappa shape index (κ2) is 7.28. The minimum atomic E-state index is -1.31. The van der Waals surface area contributed by atoms with Gasteiger partial charge in [0, 0.05) is 5.39 Å². The summed E-state index contributed by atoms with van der Waals surface area (Å²) in [6.07, 6.45) is 0. The van der Waals surface area contributed by atoms with Crippen LogP contribution in [0.15, 0.2) is 24.3 Å². The van der Waals surface area contributed by atoms with Crippen LogP contribution in [0.1, 0.15) is 26.5 Å². The molecule has 0 aliphatic heterocycles. The monoisotopic (exact) mass is 316 g/mol. The van der Waals surface area contributed by atoms with Crippen molar-refractivity contribution in [3.63, 3.8) is 0 Å². The van der Waals surface area contributed by atoms with Crippen molar-refractivity contribution in [2.75, 3.05) is 0 Å². The van der Waals surface area contributed by atoms with Crippen molar-refractivity contribution in [2.24, 2.45) is 0 Å². The van der Waals surface area contributed by atoms with Crippen LogP contribution in [-0.4, -0.2) is 30.3 Å². The molecule has 1 N–H and O–H groups in total. The molecule has 0 unspecified atom stereocenters. The fraction of sp³-hybridized carbons (Fsp3) is 0.412. The predicted molar refractivity (Wildman–Crippen MR) is 93.2 cm³/mol. The van der Waals surface area contributed by atoms with Gasteiger partial charge in [0.05, 0.1) is 5.52 Å². The first-order chi connectivity index (χ1) is 10.1. The van der Waals surface area contributed by atoms with Crippen LogP contribution in [0.5, 0.6) is 0 Å². The standard InChI is InChI=1S/C12H14N2Si.C5H10O2/c1-15(2,3)9-8-12-10-6-4-5-7-11(10)13-14-12;1-5(2,3)7-4-6/h4-7H,1-3H3,(H,13,14);4H,1-3H3. The van der Waals surface area contributed by atoms with Crippen LogP contribution in [0.2, 0.25) is 19.6 Å². The first-order valence-corrected chi connectivity index (χ1v) is 10.7. The molecule has 0 saturated heterocycles. The lowest BCUT2D eigenvalue weighted by atomic mass is 10.2. The second-order valence-corrected chi connectivity index (χ2v) is 11.7. The summed E-state index contributed by atoms with van der Waals surface area (Å²) in [4.78, 5) is 9.60. The first-order valence-electron chi connectivity index (χ1n) is 7.20. The summed E-state index contributed by atoms with van der Waals surface area (Å²) >= 11 is 0. The van der Waals surface area contributed by atoms with Gasteiger partial charge >= 0.3 is 0 Å².